The van der Waals surface area contributed by atoms with Crippen LogP contribution in [-0.4, -0.2) is 25.9 Å². The minimum absolute atomic E-state index is 0.247. The van der Waals surface area contributed by atoms with Crippen molar-refractivity contribution in [3.63, 3.8) is 0 Å². The van der Waals surface area contributed by atoms with Gasteiger partial charge in [0.25, 0.3) is 5.56 Å². The van der Waals surface area contributed by atoms with Crippen LogP contribution in [0.2, 0.25) is 4.47 Å². The van der Waals surface area contributed by atoms with Crippen LogP contribution < -0.4 is 10.9 Å². The minimum Gasteiger partial charge on any atom is -0.380 e. The van der Waals surface area contributed by atoms with Crippen LogP contribution in [0.1, 0.15) is 18.2 Å². The summed E-state index contributed by atoms with van der Waals surface area (Å²) in [5.74, 6) is 0.888. The van der Waals surface area contributed by atoms with Crippen molar-refractivity contribution in [1.82, 2.24) is 20.2 Å². The van der Waals surface area contributed by atoms with Gasteiger partial charge in [-0.15, -0.1) is 21.5 Å². The number of aromatic amines is 1. The van der Waals surface area contributed by atoms with E-state index in [0.717, 1.165) is 22.7 Å². The fourth-order valence-electron chi connectivity index (χ4n) is 2.15. The molecule has 9 heteroatoms. The van der Waals surface area contributed by atoms with Gasteiger partial charge in [0.1, 0.15) is 0 Å². The Balaban J connectivity index is 1.84. The molecule has 2 aromatic heterocycles. The van der Waals surface area contributed by atoms with Crippen molar-refractivity contribution in [2.75, 3.05) is 11.1 Å². The van der Waals surface area contributed by atoms with Gasteiger partial charge in [-0.1, -0.05) is 48.5 Å². The van der Waals surface area contributed by atoms with Crippen molar-refractivity contribution in [3.8, 4) is 11.3 Å². The van der Waals surface area contributed by atoms with Crippen LogP contribution in [0.25, 0.3) is 11.3 Å². The summed E-state index contributed by atoms with van der Waals surface area (Å²) < 4.78 is 0.507. The number of H-pyrrole nitrogens is 1. The Kier molecular flexibility index (Phi) is 6.06. The number of rotatable bonds is 7. The van der Waals surface area contributed by atoms with E-state index in [-0.39, 0.29) is 5.56 Å². The molecule has 0 spiro atoms. The van der Waals surface area contributed by atoms with Gasteiger partial charge in [0.2, 0.25) is 0 Å². The molecule has 2 N–H and O–H groups in total. The maximum atomic E-state index is 12.4. The second-order valence-corrected chi connectivity index (χ2v) is 7.92. The first-order valence-electron chi connectivity index (χ1n) is 7.70. The zero-order valence-corrected chi connectivity index (χ0v) is 15.8. The van der Waals surface area contributed by atoms with Gasteiger partial charge in [-0.3, -0.25) is 9.78 Å². The molecular weight excluding hydrogens is 378 g/mol. The van der Waals surface area contributed by atoms with Gasteiger partial charge >= 0.3 is 0 Å². The van der Waals surface area contributed by atoms with Gasteiger partial charge in [0.15, 0.2) is 15.3 Å². The summed E-state index contributed by atoms with van der Waals surface area (Å²) in [7, 11) is 0. The number of anilines is 1. The lowest BCUT2D eigenvalue weighted by atomic mass is 10.1. The van der Waals surface area contributed by atoms with Gasteiger partial charge in [-0.2, -0.15) is 0 Å². The van der Waals surface area contributed by atoms with E-state index >= 15 is 0 Å². The monoisotopic (exact) mass is 393 g/mol. The van der Waals surface area contributed by atoms with Crippen molar-refractivity contribution < 1.29 is 0 Å². The summed E-state index contributed by atoms with van der Waals surface area (Å²) in [6.07, 6.45) is 2.74. The molecule has 6 nitrogen and oxygen atoms in total. The highest BCUT2D eigenvalue weighted by molar-refractivity contribution is 7.99. The molecule has 0 amide bonds. The van der Waals surface area contributed by atoms with Crippen LogP contribution >= 0.6 is 34.7 Å². The predicted molar refractivity (Wildman–Crippen MR) is 104 cm³/mol. The van der Waals surface area contributed by atoms with Crippen LogP contribution in [0.5, 0.6) is 0 Å². The Morgan fingerprint density at radius 1 is 1.32 bits per heavy atom. The molecule has 0 unspecified atom stereocenters. The maximum Gasteiger partial charge on any atom is 0.278 e. The van der Waals surface area contributed by atoms with Crippen molar-refractivity contribution >= 4 is 40.4 Å². The zero-order chi connectivity index (χ0) is 17.6. The summed E-state index contributed by atoms with van der Waals surface area (Å²) >= 11 is 8.76. The van der Waals surface area contributed by atoms with E-state index in [1.807, 2.05) is 24.3 Å². The topological polar surface area (TPSA) is 83.6 Å². The Labute approximate surface area is 158 Å². The second-order valence-electron chi connectivity index (χ2n) is 5.14. The maximum absolute atomic E-state index is 12.4. The normalized spacial score (nSPS) is 10.8. The van der Waals surface area contributed by atoms with Crippen LogP contribution in [0.3, 0.4) is 0 Å². The quantitative estimate of drug-likeness (QED) is 0.589. The molecule has 0 aliphatic carbocycles. The predicted octanol–water partition coefficient (Wildman–Crippen LogP) is 4.06. The molecule has 1 aromatic carbocycles. The summed E-state index contributed by atoms with van der Waals surface area (Å²) in [6.45, 7) is 2.64. The van der Waals surface area contributed by atoms with Crippen molar-refractivity contribution in [2.45, 2.75) is 25.0 Å². The molecular formula is C16H16ClN5OS2. The number of thiazole rings is 1. The van der Waals surface area contributed by atoms with Gasteiger partial charge in [0, 0.05) is 28.1 Å². The molecule has 0 radical (unpaired) electrons. The lowest BCUT2D eigenvalue weighted by Gasteiger charge is -2.10. The lowest BCUT2D eigenvalue weighted by Crippen LogP contribution is -2.15. The largest absolute Gasteiger partial charge is 0.380 e. The highest BCUT2D eigenvalue weighted by Gasteiger charge is 2.12. The Hall–Kier alpha value is -1.90. The first-order chi connectivity index (χ1) is 12.2. The molecule has 0 saturated carbocycles. The van der Waals surface area contributed by atoms with Crippen molar-refractivity contribution in [3.05, 3.63) is 50.2 Å². The summed E-state index contributed by atoms with van der Waals surface area (Å²) in [6, 6.07) is 7.52. The van der Waals surface area contributed by atoms with Crippen molar-refractivity contribution in [2.24, 2.45) is 0 Å². The Morgan fingerprint density at radius 3 is 2.88 bits per heavy atom. The SMILES string of the molecule is CCCSc1nnc(-c2ccccc2NCc2cnc(Cl)s2)c(=O)[nH]1. The van der Waals surface area contributed by atoms with E-state index in [0.29, 0.717) is 27.4 Å². The molecule has 0 aliphatic heterocycles. The van der Waals surface area contributed by atoms with Crippen LogP contribution in [0, 0.1) is 0 Å². The molecule has 0 bridgehead atoms. The first-order valence-corrected chi connectivity index (χ1v) is 9.88. The molecule has 3 rings (SSSR count). The summed E-state index contributed by atoms with van der Waals surface area (Å²) in [4.78, 5) is 20.2. The molecule has 25 heavy (non-hydrogen) atoms. The minimum atomic E-state index is -0.247. The molecule has 130 valence electrons. The average Bonchev–Trinajstić information content (AvgIpc) is 3.04. The third kappa shape index (κ3) is 4.59. The summed E-state index contributed by atoms with van der Waals surface area (Å²) in [5.41, 5.74) is 1.56. The van der Waals surface area contributed by atoms with Crippen LogP contribution in [0.4, 0.5) is 5.69 Å². The van der Waals surface area contributed by atoms with E-state index in [9.17, 15) is 4.79 Å². The summed E-state index contributed by atoms with van der Waals surface area (Å²) in [5, 5.41) is 12.1. The van der Waals surface area contributed by atoms with E-state index in [4.69, 9.17) is 11.6 Å². The lowest BCUT2D eigenvalue weighted by molar-refractivity contribution is 0.823. The van der Waals surface area contributed by atoms with E-state index in [1.165, 1.54) is 23.1 Å². The number of hydrogen-bond acceptors (Lipinski definition) is 7. The standard InChI is InChI=1S/C16H16ClN5OS2/c1-2-7-24-16-20-14(23)13(21-22-16)11-5-3-4-6-12(11)18-8-10-9-19-15(17)25-10/h3-6,9,18H,2,7-8H2,1H3,(H,20,22,23). The number of nitrogens with one attached hydrogen (secondary N) is 2. The zero-order valence-electron chi connectivity index (χ0n) is 13.5. The van der Waals surface area contributed by atoms with Crippen molar-refractivity contribution in [1.29, 1.82) is 0 Å². The highest BCUT2D eigenvalue weighted by Crippen LogP contribution is 2.26. The molecule has 3 aromatic rings. The number of halogens is 1. The number of aromatic nitrogens is 4. The number of hydrogen-bond donors (Lipinski definition) is 2. The highest BCUT2D eigenvalue weighted by atomic mass is 35.5. The van der Waals surface area contributed by atoms with E-state index in [2.05, 4.69) is 32.4 Å². The third-order valence-electron chi connectivity index (χ3n) is 3.28. The van der Waals surface area contributed by atoms with Gasteiger partial charge < -0.3 is 5.32 Å². The molecule has 0 saturated heterocycles. The molecule has 0 aliphatic rings. The average molecular weight is 394 g/mol. The fraction of sp³-hybridized carbons (Fsp3) is 0.250. The molecule has 0 fully saturated rings. The smallest absolute Gasteiger partial charge is 0.278 e. The van der Waals surface area contributed by atoms with Gasteiger partial charge in [-0.05, 0) is 12.5 Å². The van der Waals surface area contributed by atoms with Crippen LogP contribution in [-0.2, 0) is 6.54 Å². The van der Waals surface area contributed by atoms with E-state index in [1.54, 1.807) is 6.20 Å². The number of para-hydroxylation sites is 1. The van der Waals surface area contributed by atoms with Gasteiger partial charge in [-0.25, -0.2) is 4.98 Å². The van der Waals surface area contributed by atoms with Crippen LogP contribution in [0.15, 0.2) is 40.4 Å². The molecule has 2 heterocycles. The number of benzene rings is 1. The Bertz CT molecular complexity index is 911. The second kappa shape index (κ2) is 8.46. The number of thioether (sulfide) groups is 1. The van der Waals surface area contributed by atoms with Gasteiger partial charge in [0.05, 0.1) is 6.54 Å². The first kappa shape index (κ1) is 17.9. The number of nitrogens with zero attached hydrogens (tertiary/aromatic N) is 3. The van der Waals surface area contributed by atoms with E-state index < -0.39 is 0 Å². The Morgan fingerprint density at radius 2 is 2.16 bits per heavy atom. The fourth-order valence-corrected chi connectivity index (χ4v) is 3.73. The molecule has 0 atom stereocenters. The third-order valence-corrected chi connectivity index (χ3v) is 5.46.